The normalized spacial score (nSPS) is 20.2. The van der Waals surface area contributed by atoms with Gasteiger partial charge in [0, 0.05) is 10.7 Å². The molecule has 3 rings (SSSR count). The summed E-state index contributed by atoms with van der Waals surface area (Å²) < 4.78 is 6.24. The van der Waals surface area contributed by atoms with E-state index in [1.165, 1.54) is 19.3 Å². The first-order valence-electron chi connectivity index (χ1n) is 6.52. The highest BCUT2D eigenvalue weighted by molar-refractivity contribution is 9.10. The van der Waals surface area contributed by atoms with Crippen molar-refractivity contribution in [1.82, 2.24) is 20.4 Å². The highest BCUT2D eigenvalue weighted by atomic mass is 79.9. The lowest BCUT2D eigenvalue weighted by atomic mass is 10.1. The highest BCUT2D eigenvalue weighted by Gasteiger charge is 2.20. The quantitative estimate of drug-likeness (QED) is 0.920. The second-order valence-electron chi connectivity index (χ2n) is 4.68. The molecule has 1 aliphatic rings. The Bertz CT molecular complexity index is 532. The van der Waals surface area contributed by atoms with E-state index in [1.54, 1.807) is 6.20 Å². The van der Waals surface area contributed by atoms with Crippen LogP contribution in [0.4, 0.5) is 0 Å². The molecule has 0 spiro atoms. The standard InChI is InChI=1S/C13H15BrN4O/c14-9-5-6-11(16-8-9)13-17-12(18-19-13)10-4-2-1-3-7-15-10/h5-6,8,10,15H,1-4,7H2. The summed E-state index contributed by atoms with van der Waals surface area (Å²) in [5.74, 6) is 1.22. The van der Waals surface area contributed by atoms with Crippen LogP contribution in [0.25, 0.3) is 11.6 Å². The van der Waals surface area contributed by atoms with E-state index in [0.29, 0.717) is 11.6 Å². The number of nitrogens with one attached hydrogen (secondary N) is 1. The summed E-state index contributed by atoms with van der Waals surface area (Å²) in [4.78, 5) is 8.72. The van der Waals surface area contributed by atoms with Crippen molar-refractivity contribution >= 4 is 15.9 Å². The van der Waals surface area contributed by atoms with Crippen LogP contribution in [-0.4, -0.2) is 21.7 Å². The SMILES string of the molecule is Brc1ccc(-c2nc(C3CCCCCN3)no2)nc1. The number of hydrogen-bond donors (Lipinski definition) is 1. The molecule has 1 aliphatic heterocycles. The third-order valence-corrected chi connectivity index (χ3v) is 3.73. The molecule has 2 aromatic rings. The van der Waals surface area contributed by atoms with E-state index in [2.05, 4.69) is 36.4 Å². The number of halogens is 1. The minimum absolute atomic E-state index is 0.204. The summed E-state index contributed by atoms with van der Waals surface area (Å²) in [6.45, 7) is 1.02. The fourth-order valence-corrected chi connectivity index (χ4v) is 2.47. The van der Waals surface area contributed by atoms with Gasteiger partial charge < -0.3 is 9.84 Å². The van der Waals surface area contributed by atoms with Crippen LogP contribution in [0.3, 0.4) is 0 Å². The molecule has 1 saturated heterocycles. The summed E-state index contributed by atoms with van der Waals surface area (Å²) in [6, 6.07) is 3.98. The van der Waals surface area contributed by atoms with Gasteiger partial charge in [-0.1, -0.05) is 18.0 Å². The van der Waals surface area contributed by atoms with Gasteiger partial charge in [0.25, 0.3) is 5.89 Å². The molecule has 6 heteroatoms. The summed E-state index contributed by atoms with van der Waals surface area (Å²) >= 11 is 3.36. The molecule has 19 heavy (non-hydrogen) atoms. The third kappa shape index (κ3) is 3.01. The van der Waals surface area contributed by atoms with E-state index in [-0.39, 0.29) is 6.04 Å². The van der Waals surface area contributed by atoms with Crippen LogP contribution in [0.1, 0.15) is 37.5 Å². The summed E-state index contributed by atoms with van der Waals surface area (Å²) in [5.41, 5.74) is 0.704. The predicted molar refractivity (Wildman–Crippen MR) is 74.4 cm³/mol. The smallest absolute Gasteiger partial charge is 0.276 e. The zero-order chi connectivity index (χ0) is 13.1. The second kappa shape index (κ2) is 5.79. The van der Waals surface area contributed by atoms with Crippen molar-refractivity contribution in [2.24, 2.45) is 0 Å². The van der Waals surface area contributed by atoms with Crippen molar-refractivity contribution in [3.63, 3.8) is 0 Å². The minimum Gasteiger partial charge on any atom is -0.332 e. The van der Waals surface area contributed by atoms with Gasteiger partial charge in [-0.05, 0) is 47.4 Å². The zero-order valence-corrected chi connectivity index (χ0v) is 12.1. The molecular formula is C13H15BrN4O. The van der Waals surface area contributed by atoms with Gasteiger partial charge in [-0.2, -0.15) is 4.98 Å². The van der Waals surface area contributed by atoms with Crippen molar-refractivity contribution < 1.29 is 4.52 Å². The number of aromatic nitrogens is 3. The Labute approximate surface area is 119 Å². The lowest BCUT2D eigenvalue weighted by Crippen LogP contribution is -2.21. The van der Waals surface area contributed by atoms with E-state index >= 15 is 0 Å². The first-order chi connectivity index (χ1) is 9.33. The molecule has 0 bridgehead atoms. The van der Waals surface area contributed by atoms with Crippen LogP contribution in [0.5, 0.6) is 0 Å². The van der Waals surface area contributed by atoms with Crippen molar-refractivity contribution in [3.05, 3.63) is 28.6 Å². The van der Waals surface area contributed by atoms with Crippen LogP contribution in [-0.2, 0) is 0 Å². The van der Waals surface area contributed by atoms with Crippen molar-refractivity contribution in [3.8, 4) is 11.6 Å². The number of hydrogen-bond acceptors (Lipinski definition) is 5. The molecule has 0 aliphatic carbocycles. The molecule has 0 radical (unpaired) electrons. The third-order valence-electron chi connectivity index (χ3n) is 3.26. The van der Waals surface area contributed by atoms with Gasteiger partial charge in [0.2, 0.25) is 0 Å². The van der Waals surface area contributed by atoms with Crippen LogP contribution in [0, 0.1) is 0 Å². The molecule has 3 heterocycles. The number of nitrogens with zero attached hydrogens (tertiary/aromatic N) is 3. The first-order valence-corrected chi connectivity index (χ1v) is 7.31. The van der Waals surface area contributed by atoms with Crippen LogP contribution in [0.15, 0.2) is 27.3 Å². The highest BCUT2D eigenvalue weighted by Crippen LogP contribution is 2.23. The molecule has 5 nitrogen and oxygen atoms in total. The number of pyridine rings is 1. The van der Waals surface area contributed by atoms with E-state index in [0.717, 1.165) is 23.3 Å². The van der Waals surface area contributed by atoms with Gasteiger partial charge >= 0.3 is 0 Å². The van der Waals surface area contributed by atoms with Gasteiger partial charge in [-0.15, -0.1) is 0 Å². The van der Waals surface area contributed by atoms with Crippen molar-refractivity contribution in [1.29, 1.82) is 0 Å². The van der Waals surface area contributed by atoms with Gasteiger partial charge in [-0.25, -0.2) is 4.98 Å². The Hall–Kier alpha value is -1.27. The summed E-state index contributed by atoms with van der Waals surface area (Å²) in [5, 5.41) is 7.54. The lowest BCUT2D eigenvalue weighted by Gasteiger charge is -2.09. The Morgan fingerprint density at radius 2 is 2.21 bits per heavy atom. The van der Waals surface area contributed by atoms with Crippen molar-refractivity contribution in [2.75, 3.05) is 6.54 Å². The van der Waals surface area contributed by atoms with Gasteiger partial charge in [0.15, 0.2) is 5.82 Å². The molecule has 1 unspecified atom stereocenters. The molecule has 100 valence electrons. The molecule has 0 amide bonds. The van der Waals surface area contributed by atoms with Gasteiger partial charge in [0.1, 0.15) is 5.69 Å². The molecule has 1 fully saturated rings. The maximum absolute atomic E-state index is 5.31. The van der Waals surface area contributed by atoms with Crippen LogP contribution in [0.2, 0.25) is 0 Å². The Morgan fingerprint density at radius 1 is 1.26 bits per heavy atom. The van der Waals surface area contributed by atoms with Crippen LogP contribution >= 0.6 is 15.9 Å². The van der Waals surface area contributed by atoms with E-state index in [9.17, 15) is 0 Å². The Balaban J connectivity index is 1.80. The van der Waals surface area contributed by atoms with Gasteiger partial charge in [0.05, 0.1) is 6.04 Å². The predicted octanol–water partition coefficient (Wildman–Crippen LogP) is 3.10. The average molecular weight is 323 g/mol. The first kappa shape index (κ1) is 12.7. The second-order valence-corrected chi connectivity index (χ2v) is 5.59. The van der Waals surface area contributed by atoms with E-state index in [4.69, 9.17) is 4.52 Å². The summed E-state index contributed by atoms with van der Waals surface area (Å²) in [7, 11) is 0. The molecule has 1 N–H and O–H groups in total. The maximum Gasteiger partial charge on any atom is 0.276 e. The van der Waals surface area contributed by atoms with Crippen LogP contribution < -0.4 is 5.32 Å². The maximum atomic E-state index is 5.31. The fourth-order valence-electron chi connectivity index (χ4n) is 2.23. The molecular weight excluding hydrogens is 308 g/mol. The van der Waals surface area contributed by atoms with Crippen molar-refractivity contribution in [2.45, 2.75) is 31.7 Å². The lowest BCUT2D eigenvalue weighted by molar-refractivity contribution is 0.401. The minimum atomic E-state index is 0.204. The average Bonchev–Trinajstić information content (AvgIpc) is 2.76. The van der Waals surface area contributed by atoms with Gasteiger partial charge in [-0.3, -0.25) is 0 Å². The van der Waals surface area contributed by atoms with E-state index < -0.39 is 0 Å². The summed E-state index contributed by atoms with van der Waals surface area (Å²) in [6.07, 6.45) is 6.48. The number of rotatable bonds is 2. The van der Waals surface area contributed by atoms with E-state index in [1.807, 2.05) is 12.1 Å². The molecule has 0 saturated carbocycles. The molecule has 2 aromatic heterocycles. The zero-order valence-electron chi connectivity index (χ0n) is 10.5. The Morgan fingerprint density at radius 3 is 3.05 bits per heavy atom. The fraction of sp³-hybridized carbons (Fsp3) is 0.462. The largest absolute Gasteiger partial charge is 0.332 e. The molecule has 0 aromatic carbocycles. The topological polar surface area (TPSA) is 63.8 Å². The Kier molecular flexibility index (Phi) is 3.89. The molecule has 1 atom stereocenters. The monoisotopic (exact) mass is 322 g/mol.